The van der Waals surface area contributed by atoms with Crippen LogP contribution >= 0.6 is 0 Å². The first-order valence-electron chi connectivity index (χ1n) is 11.0. The summed E-state index contributed by atoms with van der Waals surface area (Å²) in [4.78, 5) is 55.9. The molecular weight excluding hydrogens is 404 g/mol. The highest BCUT2D eigenvalue weighted by Crippen LogP contribution is 2.02. The van der Waals surface area contributed by atoms with E-state index in [1.165, 1.54) is 0 Å². The van der Waals surface area contributed by atoms with Crippen LogP contribution in [0.2, 0.25) is 0 Å². The molecule has 0 aromatic heterocycles. The van der Waals surface area contributed by atoms with Gasteiger partial charge in [-0.15, -0.1) is 0 Å². The maximum Gasteiger partial charge on any atom is 0.246 e. The van der Waals surface area contributed by atoms with Crippen molar-refractivity contribution in [2.75, 3.05) is 91.8 Å². The van der Waals surface area contributed by atoms with Crippen LogP contribution in [0.3, 0.4) is 0 Å². The van der Waals surface area contributed by atoms with E-state index in [4.69, 9.17) is 4.74 Å². The zero-order valence-corrected chi connectivity index (χ0v) is 18.7. The summed E-state index contributed by atoms with van der Waals surface area (Å²) in [6.07, 6.45) is 0. The van der Waals surface area contributed by atoms with E-state index in [0.717, 1.165) is 39.3 Å². The van der Waals surface area contributed by atoms with Crippen LogP contribution in [-0.4, -0.2) is 135 Å². The number of carbonyl (C=O) groups is 4. The van der Waals surface area contributed by atoms with Crippen LogP contribution in [0.1, 0.15) is 13.8 Å². The molecule has 2 saturated heterocycles. The van der Waals surface area contributed by atoms with Crippen molar-refractivity contribution in [1.82, 2.24) is 30.2 Å². The third-order valence-corrected chi connectivity index (χ3v) is 5.68. The number of hydrogen-bond donors (Lipinski definition) is 2. The molecule has 0 spiro atoms. The largest absolute Gasteiger partial charge is 0.362 e. The molecule has 2 aliphatic rings. The molecular formula is C20H36N6O5. The molecule has 2 fully saturated rings. The lowest BCUT2D eigenvalue weighted by Gasteiger charge is -2.34. The quantitative estimate of drug-likeness (QED) is 0.388. The lowest BCUT2D eigenvalue weighted by molar-refractivity contribution is -0.137. The average Bonchev–Trinajstić information content (AvgIpc) is 2.81. The number of likely N-dealkylation sites (N-methyl/N-ethyl adjacent to an activating group) is 2. The zero-order chi connectivity index (χ0) is 22.6. The van der Waals surface area contributed by atoms with E-state index in [1.54, 1.807) is 9.80 Å². The van der Waals surface area contributed by atoms with E-state index in [-0.39, 0.29) is 38.1 Å². The van der Waals surface area contributed by atoms with Gasteiger partial charge in [-0.2, -0.15) is 0 Å². The molecule has 2 rings (SSSR count). The average molecular weight is 441 g/mol. The van der Waals surface area contributed by atoms with E-state index in [2.05, 4.69) is 34.3 Å². The molecule has 0 aromatic rings. The molecule has 176 valence electrons. The lowest BCUT2D eigenvalue weighted by atomic mass is 10.3. The van der Waals surface area contributed by atoms with E-state index >= 15 is 0 Å². The maximum absolute atomic E-state index is 12.1. The summed E-state index contributed by atoms with van der Waals surface area (Å²) in [5.41, 5.74) is 0. The number of piperazine rings is 2. The van der Waals surface area contributed by atoms with Gasteiger partial charge in [-0.1, -0.05) is 13.8 Å². The van der Waals surface area contributed by atoms with Gasteiger partial charge in [-0.05, 0) is 13.1 Å². The van der Waals surface area contributed by atoms with E-state index in [0.29, 0.717) is 26.2 Å². The lowest BCUT2D eigenvalue weighted by Crippen LogP contribution is -2.51. The van der Waals surface area contributed by atoms with E-state index < -0.39 is 11.8 Å². The molecule has 2 aliphatic heterocycles. The standard InChI is InChI=1S/C20H36N6O5/c1-3-23-5-9-25(10-6-23)19(29)13-21-17(27)15-31-16-18(28)22-14-20(30)26-11-7-24(4-2)8-12-26/h3-16H2,1-2H3,(H,21,27)(H,22,28). The predicted molar refractivity (Wildman–Crippen MR) is 114 cm³/mol. The van der Waals surface area contributed by atoms with Crippen LogP contribution in [-0.2, 0) is 23.9 Å². The van der Waals surface area contributed by atoms with Crippen molar-refractivity contribution in [3.63, 3.8) is 0 Å². The zero-order valence-electron chi connectivity index (χ0n) is 18.7. The molecule has 4 amide bonds. The van der Waals surface area contributed by atoms with Gasteiger partial charge < -0.3 is 35.0 Å². The number of carbonyl (C=O) groups excluding carboxylic acids is 4. The monoisotopic (exact) mass is 440 g/mol. The van der Waals surface area contributed by atoms with Crippen molar-refractivity contribution in [3.05, 3.63) is 0 Å². The Morgan fingerprint density at radius 3 is 1.32 bits per heavy atom. The second kappa shape index (κ2) is 13.2. The minimum atomic E-state index is -0.460. The normalized spacial score (nSPS) is 18.0. The highest BCUT2D eigenvalue weighted by molar-refractivity contribution is 5.86. The second-order valence-corrected chi connectivity index (χ2v) is 7.68. The van der Waals surface area contributed by atoms with Crippen molar-refractivity contribution in [1.29, 1.82) is 0 Å². The van der Waals surface area contributed by atoms with Crippen molar-refractivity contribution in [3.8, 4) is 0 Å². The summed E-state index contributed by atoms with van der Waals surface area (Å²) in [5, 5.41) is 5.03. The Bertz CT molecular complexity index is 563. The highest BCUT2D eigenvalue weighted by Gasteiger charge is 2.21. The Morgan fingerprint density at radius 1 is 0.645 bits per heavy atom. The van der Waals surface area contributed by atoms with E-state index in [9.17, 15) is 19.2 Å². The van der Waals surface area contributed by atoms with E-state index in [1.807, 2.05) is 0 Å². The van der Waals surface area contributed by atoms with Crippen molar-refractivity contribution >= 4 is 23.6 Å². The molecule has 11 heteroatoms. The van der Waals surface area contributed by atoms with Crippen LogP contribution in [0.4, 0.5) is 0 Å². The Balaban J connectivity index is 1.52. The Kier molecular flexibility index (Phi) is 10.7. The summed E-state index contributed by atoms with van der Waals surface area (Å²) >= 11 is 0. The molecule has 0 bridgehead atoms. The summed E-state index contributed by atoms with van der Waals surface area (Å²) in [7, 11) is 0. The minimum absolute atomic E-state index is 0.0830. The molecule has 0 aromatic carbocycles. The number of ether oxygens (including phenoxy) is 1. The molecule has 0 radical (unpaired) electrons. The van der Waals surface area contributed by atoms with Gasteiger partial charge in [-0.25, -0.2) is 0 Å². The first kappa shape index (κ1) is 25.0. The van der Waals surface area contributed by atoms with Crippen LogP contribution < -0.4 is 10.6 Å². The van der Waals surface area contributed by atoms with Gasteiger partial charge in [-0.3, -0.25) is 19.2 Å². The smallest absolute Gasteiger partial charge is 0.246 e. The number of nitrogens with one attached hydrogen (secondary N) is 2. The fourth-order valence-electron chi connectivity index (χ4n) is 3.54. The number of rotatable bonds is 10. The first-order valence-corrected chi connectivity index (χ1v) is 11.0. The Morgan fingerprint density at radius 2 is 1.00 bits per heavy atom. The van der Waals surface area contributed by atoms with Crippen molar-refractivity contribution in [2.45, 2.75) is 13.8 Å². The molecule has 31 heavy (non-hydrogen) atoms. The van der Waals surface area contributed by atoms with Gasteiger partial charge in [0, 0.05) is 52.4 Å². The van der Waals surface area contributed by atoms with Gasteiger partial charge in [0.05, 0.1) is 13.1 Å². The number of hydrogen-bond acceptors (Lipinski definition) is 7. The van der Waals surface area contributed by atoms with Gasteiger partial charge in [0.15, 0.2) is 0 Å². The van der Waals surface area contributed by atoms with Crippen molar-refractivity contribution < 1.29 is 23.9 Å². The fourth-order valence-corrected chi connectivity index (χ4v) is 3.54. The Hall–Kier alpha value is -2.24. The van der Waals surface area contributed by atoms with Crippen LogP contribution in [0.5, 0.6) is 0 Å². The molecule has 0 atom stereocenters. The minimum Gasteiger partial charge on any atom is -0.362 e. The third-order valence-electron chi connectivity index (χ3n) is 5.68. The van der Waals surface area contributed by atoms with Gasteiger partial charge in [0.1, 0.15) is 13.2 Å². The number of amides is 4. The molecule has 0 unspecified atom stereocenters. The Labute approximate surface area is 184 Å². The topological polar surface area (TPSA) is 115 Å². The van der Waals surface area contributed by atoms with Gasteiger partial charge >= 0.3 is 0 Å². The van der Waals surface area contributed by atoms with Crippen molar-refractivity contribution in [2.24, 2.45) is 0 Å². The van der Waals surface area contributed by atoms with Gasteiger partial charge in [0.2, 0.25) is 23.6 Å². The molecule has 0 saturated carbocycles. The molecule has 0 aliphatic carbocycles. The molecule has 11 nitrogen and oxygen atoms in total. The van der Waals surface area contributed by atoms with Crippen LogP contribution in [0.15, 0.2) is 0 Å². The molecule has 2 heterocycles. The first-order chi connectivity index (χ1) is 14.9. The third kappa shape index (κ3) is 8.80. The van der Waals surface area contributed by atoms with Crippen LogP contribution in [0.25, 0.3) is 0 Å². The second-order valence-electron chi connectivity index (χ2n) is 7.68. The van der Waals surface area contributed by atoms with Gasteiger partial charge in [0.25, 0.3) is 0 Å². The maximum atomic E-state index is 12.1. The summed E-state index contributed by atoms with van der Waals surface area (Å²) in [6, 6.07) is 0. The highest BCUT2D eigenvalue weighted by atomic mass is 16.5. The predicted octanol–water partition coefficient (Wildman–Crippen LogP) is -2.44. The summed E-state index contributed by atoms with van der Waals surface area (Å²) < 4.78 is 5.08. The SMILES string of the molecule is CCN1CCN(C(=O)CNC(=O)COCC(=O)NCC(=O)N2CCN(CC)CC2)CC1. The number of nitrogens with zero attached hydrogens (tertiary/aromatic N) is 4. The van der Waals surface area contributed by atoms with Crippen LogP contribution in [0, 0.1) is 0 Å². The summed E-state index contributed by atoms with van der Waals surface area (Å²) in [5.74, 6) is -1.17. The summed E-state index contributed by atoms with van der Waals surface area (Å²) in [6.45, 7) is 11.3. The molecule has 2 N–H and O–H groups in total. The fraction of sp³-hybridized carbons (Fsp3) is 0.800.